The Balaban J connectivity index is 2.38. The number of piperazine rings is 1. The number of carbonyl (C=O) groups is 2. The van der Waals surface area contributed by atoms with Crippen LogP contribution in [0.2, 0.25) is 0 Å². The minimum atomic E-state index is -0.544. The summed E-state index contributed by atoms with van der Waals surface area (Å²) in [6.07, 6.45) is 0. The lowest BCUT2D eigenvalue weighted by Gasteiger charge is -2.31. The maximum atomic E-state index is 13.0. The molecule has 1 saturated heterocycles. The summed E-state index contributed by atoms with van der Waals surface area (Å²) in [5.41, 5.74) is 0.568. The molecule has 0 aromatic heterocycles. The highest BCUT2D eigenvalue weighted by molar-refractivity contribution is 14.1. The smallest absolute Gasteiger partial charge is 0.249 e. The molecule has 2 rings (SSSR count). The van der Waals surface area contributed by atoms with Gasteiger partial charge in [0.15, 0.2) is 0 Å². The van der Waals surface area contributed by atoms with Crippen molar-refractivity contribution in [3.63, 3.8) is 0 Å². The summed E-state index contributed by atoms with van der Waals surface area (Å²) in [5.74, 6) is -0.758. The Bertz CT molecular complexity index is 492. The van der Waals surface area contributed by atoms with E-state index in [1.54, 1.807) is 6.92 Å². The van der Waals surface area contributed by atoms with Crippen molar-refractivity contribution in [3.8, 4) is 0 Å². The first-order chi connectivity index (χ1) is 7.99. The zero-order valence-electron chi connectivity index (χ0n) is 9.04. The third-order valence-electron chi connectivity index (χ3n) is 2.52. The molecule has 0 radical (unpaired) electrons. The number of nitrogens with one attached hydrogen (secondary N) is 1. The van der Waals surface area contributed by atoms with Crippen LogP contribution in [0.4, 0.5) is 10.1 Å². The van der Waals surface area contributed by atoms with E-state index >= 15 is 0 Å². The lowest BCUT2D eigenvalue weighted by molar-refractivity contribution is -0.130. The minimum Gasteiger partial charge on any atom is -0.343 e. The zero-order chi connectivity index (χ0) is 12.6. The van der Waals surface area contributed by atoms with Gasteiger partial charge in [0.25, 0.3) is 0 Å². The van der Waals surface area contributed by atoms with E-state index in [2.05, 4.69) is 5.32 Å². The lowest BCUT2D eigenvalue weighted by Crippen LogP contribution is -2.57. The van der Waals surface area contributed by atoms with E-state index in [1.165, 1.54) is 23.1 Å². The van der Waals surface area contributed by atoms with Gasteiger partial charge >= 0.3 is 0 Å². The van der Waals surface area contributed by atoms with Gasteiger partial charge in [-0.1, -0.05) is 0 Å². The SMILES string of the molecule is CC1NC(=O)CN(c2ccc(F)cc2I)C1=O. The Hall–Kier alpha value is -1.18. The number of hydrogen-bond acceptors (Lipinski definition) is 2. The number of nitrogens with zero attached hydrogens (tertiary/aromatic N) is 1. The Kier molecular flexibility index (Phi) is 3.32. The van der Waals surface area contributed by atoms with Crippen molar-refractivity contribution < 1.29 is 14.0 Å². The number of hydrogen-bond donors (Lipinski definition) is 1. The molecule has 1 N–H and O–H groups in total. The maximum Gasteiger partial charge on any atom is 0.249 e. The van der Waals surface area contributed by atoms with Crippen LogP contribution in [0.25, 0.3) is 0 Å². The van der Waals surface area contributed by atoms with Gasteiger partial charge < -0.3 is 10.2 Å². The summed E-state index contributed by atoms with van der Waals surface area (Å²) < 4.78 is 13.6. The molecule has 2 amide bonds. The molecule has 1 fully saturated rings. The summed E-state index contributed by atoms with van der Waals surface area (Å²) in [6, 6.07) is 3.58. The maximum absolute atomic E-state index is 13.0. The molecule has 0 saturated carbocycles. The third-order valence-corrected chi connectivity index (χ3v) is 3.38. The second-order valence-electron chi connectivity index (χ2n) is 3.81. The molecule has 0 spiro atoms. The number of halogens is 2. The molecule has 1 unspecified atom stereocenters. The van der Waals surface area contributed by atoms with Gasteiger partial charge in [-0.25, -0.2) is 4.39 Å². The van der Waals surface area contributed by atoms with Crippen molar-refractivity contribution in [1.29, 1.82) is 0 Å². The molecule has 0 aliphatic carbocycles. The highest BCUT2D eigenvalue weighted by Crippen LogP contribution is 2.25. The fraction of sp³-hybridized carbons (Fsp3) is 0.273. The van der Waals surface area contributed by atoms with E-state index in [4.69, 9.17) is 0 Å². The van der Waals surface area contributed by atoms with Crippen molar-refractivity contribution in [2.75, 3.05) is 11.4 Å². The van der Waals surface area contributed by atoms with Gasteiger partial charge in [-0.15, -0.1) is 0 Å². The van der Waals surface area contributed by atoms with Crippen LogP contribution in [-0.4, -0.2) is 24.4 Å². The van der Waals surface area contributed by atoms with Crippen molar-refractivity contribution in [3.05, 3.63) is 27.6 Å². The summed E-state index contributed by atoms with van der Waals surface area (Å²) in [5, 5.41) is 2.55. The molecule has 1 aliphatic heterocycles. The van der Waals surface area contributed by atoms with Crippen LogP contribution in [0.15, 0.2) is 18.2 Å². The highest BCUT2D eigenvalue weighted by Gasteiger charge is 2.31. The number of rotatable bonds is 1. The molecule has 1 atom stereocenters. The van der Waals surface area contributed by atoms with Crippen molar-refractivity contribution in [1.82, 2.24) is 5.32 Å². The van der Waals surface area contributed by atoms with Crippen LogP contribution in [0, 0.1) is 9.39 Å². The number of amides is 2. The summed E-state index contributed by atoms with van der Waals surface area (Å²) in [6.45, 7) is 1.60. The molecule has 1 aliphatic rings. The number of carbonyl (C=O) groups excluding carboxylic acids is 2. The van der Waals surface area contributed by atoms with E-state index in [9.17, 15) is 14.0 Å². The topological polar surface area (TPSA) is 49.4 Å². The van der Waals surface area contributed by atoms with E-state index in [0.717, 1.165) is 0 Å². The Labute approximate surface area is 111 Å². The summed E-state index contributed by atoms with van der Waals surface area (Å²) >= 11 is 1.95. The second kappa shape index (κ2) is 4.59. The van der Waals surface area contributed by atoms with E-state index in [0.29, 0.717) is 9.26 Å². The first kappa shape index (κ1) is 12.3. The normalized spacial score (nSPS) is 20.4. The predicted octanol–water partition coefficient (Wildman–Crippen LogP) is 1.28. The number of anilines is 1. The third kappa shape index (κ3) is 2.41. The van der Waals surface area contributed by atoms with Crippen LogP contribution in [0.5, 0.6) is 0 Å². The Morgan fingerprint density at radius 3 is 2.82 bits per heavy atom. The summed E-state index contributed by atoms with van der Waals surface area (Å²) in [7, 11) is 0. The molecule has 17 heavy (non-hydrogen) atoms. The van der Waals surface area contributed by atoms with E-state index in [-0.39, 0.29) is 24.2 Å². The molecular weight excluding hydrogens is 338 g/mol. The quantitative estimate of drug-likeness (QED) is 0.778. The van der Waals surface area contributed by atoms with Crippen LogP contribution < -0.4 is 10.2 Å². The molecule has 1 aromatic carbocycles. The predicted molar refractivity (Wildman–Crippen MR) is 69.1 cm³/mol. The second-order valence-corrected chi connectivity index (χ2v) is 4.97. The molecule has 1 heterocycles. The van der Waals surface area contributed by atoms with Crippen LogP contribution in [0.3, 0.4) is 0 Å². The average molecular weight is 348 g/mol. The highest BCUT2D eigenvalue weighted by atomic mass is 127. The van der Waals surface area contributed by atoms with Crippen molar-refractivity contribution >= 4 is 40.1 Å². The Morgan fingerprint density at radius 2 is 2.18 bits per heavy atom. The van der Waals surface area contributed by atoms with Gasteiger partial charge in [-0.05, 0) is 47.7 Å². The average Bonchev–Trinajstić information content (AvgIpc) is 2.24. The molecule has 90 valence electrons. The molecule has 1 aromatic rings. The van der Waals surface area contributed by atoms with Crippen LogP contribution >= 0.6 is 22.6 Å². The van der Waals surface area contributed by atoms with Gasteiger partial charge in [-0.2, -0.15) is 0 Å². The monoisotopic (exact) mass is 348 g/mol. The molecule has 0 bridgehead atoms. The first-order valence-electron chi connectivity index (χ1n) is 5.05. The molecule has 6 heteroatoms. The Morgan fingerprint density at radius 1 is 1.47 bits per heavy atom. The standard InChI is InChI=1S/C11H10FIN2O2/c1-6-11(17)15(5-10(16)14-6)9-3-2-7(12)4-8(9)13/h2-4,6H,5H2,1H3,(H,14,16). The van der Waals surface area contributed by atoms with Gasteiger partial charge in [0.2, 0.25) is 11.8 Å². The largest absolute Gasteiger partial charge is 0.343 e. The van der Waals surface area contributed by atoms with Crippen LogP contribution in [0.1, 0.15) is 6.92 Å². The van der Waals surface area contributed by atoms with Gasteiger partial charge in [-0.3, -0.25) is 9.59 Å². The summed E-state index contributed by atoms with van der Waals surface area (Å²) in [4.78, 5) is 24.7. The molecule has 4 nitrogen and oxygen atoms in total. The van der Waals surface area contributed by atoms with Crippen molar-refractivity contribution in [2.24, 2.45) is 0 Å². The van der Waals surface area contributed by atoms with Crippen molar-refractivity contribution in [2.45, 2.75) is 13.0 Å². The van der Waals surface area contributed by atoms with Gasteiger partial charge in [0, 0.05) is 3.57 Å². The first-order valence-corrected chi connectivity index (χ1v) is 6.12. The minimum absolute atomic E-state index is 0.0230. The zero-order valence-corrected chi connectivity index (χ0v) is 11.2. The van der Waals surface area contributed by atoms with Gasteiger partial charge in [0.05, 0.1) is 5.69 Å². The van der Waals surface area contributed by atoms with E-state index < -0.39 is 6.04 Å². The lowest BCUT2D eigenvalue weighted by atomic mass is 10.2. The van der Waals surface area contributed by atoms with Crippen LogP contribution in [-0.2, 0) is 9.59 Å². The number of benzene rings is 1. The molecular formula is C11H10FIN2O2. The van der Waals surface area contributed by atoms with E-state index in [1.807, 2.05) is 22.6 Å². The van der Waals surface area contributed by atoms with Gasteiger partial charge in [0.1, 0.15) is 18.4 Å². The fourth-order valence-corrected chi connectivity index (χ4v) is 2.48. The fourth-order valence-electron chi connectivity index (χ4n) is 1.71.